The number of nitrogens with zero attached hydrogens (tertiary/aromatic N) is 2. The molecular weight excluding hydrogens is 594 g/mol. The van der Waals surface area contributed by atoms with Crippen molar-refractivity contribution in [2.75, 3.05) is 18.1 Å². The molecule has 1 aliphatic heterocycles. The Hall–Kier alpha value is -5.10. The van der Waals surface area contributed by atoms with Crippen LogP contribution in [0, 0.1) is 11.8 Å². The predicted octanol–water partition coefficient (Wildman–Crippen LogP) is 6.42. The number of anilines is 1. The number of rotatable bonds is 10. The lowest BCUT2D eigenvalue weighted by Gasteiger charge is -2.35. The second-order valence-corrected chi connectivity index (χ2v) is 12.4. The maximum atomic E-state index is 14.6. The first-order valence-corrected chi connectivity index (χ1v) is 16.0. The fraction of sp³-hybridized carbons (Fsp3) is 0.368. The fourth-order valence-electron chi connectivity index (χ4n) is 5.39. The van der Waals surface area contributed by atoms with Crippen molar-refractivity contribution in [3.05, 3.63) is 101 Å². The molecule has 3 amide bonds. The van der Waals surface area contributed by atoms with Gasteiger partial charge < -0.3 is 24.6 Å². The van der Waals surface area contributed by atoms with Crippen LogP contribution in [0.15, 0.2) is 78.9 Å². The quantitative estimate of drug-likeness (QED) is 0.156. The molecule has 9 nitrogen and oxygen atoms in total. The number of fused-ring (bicyclic) bond motifs is 1. The van der Waals surface area contributed by atoms with Gasteiger partial charge >= 0.3 is 12.1 Å². The van der Waals surface area contributed by atoms with Crippen LogP contribution >= 0.6 is 0 Å². The van der Waals surface area contributed by atoms with Gasteiger partial charge in [-0.25, -0.2) is 4.79 Å². The Kier molecular flexibility index (Phi) is 11.8. The lowest BCUT2D eigenvalue weighted by molar-refractivity contribution is -0.144. The summed E-state index contributed by atoms with van der Waals surface area (Å²) in [5.41, 5.74) is 2.39. The highest BCUT2D eigenvalue weighted by molar-refractivity contribution is 6.11. The Balaban J connectivity index is 1.69. The summed E-state index contributed by atoms with van der Waals surface area (Å²) >= 11 is 0. The van der Waals surface area contributed by atoms with Crippen molar-refractivity contribution in [3.8, 4) is 11.8 Å². The van der Waals surface area contributed by atoms with E-state index in [1.165, 1.54) is 4.90 Å². The third-order valence-corrected chi connectivity index (χ3v) is 7.45. The molecule has 0 bridgehead atoms. The van der Waals surface area contributed by atoms with Crippen molar-refractivity contribution in [1.29, 1.82) is 0 Å². The molecule has 9 heteroatoms. The smallest absolute Gasteiger partial charge is 0.407 e. The topological polar surface area (TPSA) is 105 Å². The molecule has 2 unspecified atom stereocenters. The van der Waals surface area contributed by atoms with Gasteiger partial charge in [-0.15, -0.1) is 0 Å². The largest absolute Gasteiger partial charge is 0.466 e. The van der Waals surface area contributed by atoms with Crippen LogP contribution in [0.1, 0.15) is 87.0 Å². The summed E-state index contributed by atoms with van der Waals surface area (Å²) < 4.78 is 10.5. The van der Waals surface area contributed by atoms with Crippen LogP contribution in [0.2, 0.25) is 0 Å². The summed E-state index contributed by atoms with van der Waals surface area (Å²) in [6.45, 7) is 9.80. The molecule has 3 aromatic carbocycles. The van der Waals surface area contributed by atoms with Crippen LogP contribution in [0.25, 0.3) is 0 Å². The van der Waals surface area contributed by atoms with Gasteiger partial charge in [0.05, 0.1) is 30.8 Å². The van der Waals surface area contributed by atoms with Crippen molar-refractivity contribution in [2.45, 2.75) is 78.1 Å². The first-order valence-electron chi connectivity index (χ1n) is 16.0. The molecule has 1 aliphatic rings. The molecule has 1 heterocycles. The second kappa shape index (κ2) is 15.9. The molecule has 0 spiro atoms. The fourth-order valence-corrected chi connectivity index (χ4v) is 5.39. The number of benzene rings is 3. The molecule has 0 aliphatic carbocycles. The Bertz CT molecular complexity index is 1620. The average molecular weight is 638 g/mol. The zero-order chi connectivity index (χ0) is 34.0. The average Bonchev–Trinajstić information content (AvgIpc) is 3.11. The molecule has 1 N–H and O–H groups in total. The monoisotopic (exact) mass is 637 g/mol. The minimum absolute atomic E-state index is 0.0684. The Morgan fingerprint density at radius 2 is 1.66 bits per heavy atom. The van der Waals surface area contributed by atoms with Gasteiger partial charge in [0.25, 0.3) is 11.8 Å². The van der Waals surface area contributed by atoms with E-state index in [0.717, 1.165) is 5.56 Å². The number of esters is 1. The molecule has 246 valence electrons. The van der Waals surface area contributed by atoms with Gasteiger partial charge in [0.15, 0.2) is 0 Å². The lowest BCUT2D eigenvalue weighted by Crippen LogP contribution is -2.47. The van der Waals surface area contributed by atoms with Crippen LogP contribution in [0.4, 0.5) is 10.5 Å². The molecule has 0 aromatic heterocycles. The van der Waals surface area contributed by atoms with Crippen molar-refractivity contribution in [2.24, 2.45) is 0 Å². The molecule has 2 atom stereocenters. The van der Waals surface area contributed by atoms with Gasteiger partial charge in [0.2, 0.25) is 0 Å². The van der Waals surface area contributed by atoms with E-state index < -0.39 is 29.7 Å². The Morgan fingerprint density at radius 3 is 2.32 bits per heavy atom. The van der Waals surface area contributed by atoms with Gasteiger partial charge in [-0.3, -0.25) is 14.4 Å². The first kappa shape index (κ1) is 34.8. The standard InChI is InChI=1S/C38H43N3O6/c1-6-46-33(42)24-27(2)41-34(30-19-13-8-14-20-30)36(44)40(26-29-17-10-7-11-18-29)32-22-21-28(25-31(32)35(41)43)16-12-9-15-23-39-37(45)47-38(3,4)5/h7-8,10-11,13-14,17-22,25,27,34H,6,9,15,23-24,26H2,1-5H3,(H,39,45). The first-order chi connectivity index (χ1) is 22.5. The van der Waals surface area contributed by atoms with Crippen LogP contribution in [-0.2, 0) is 25.6 Å². The van der Waals surface area contributed by atoms with Gasteiger partial charge in [-0.05, 0) is 70.4 Å². The number of carbonyl (C=O) groups is 4. The normalized spacial score (nSPS) is 15.1. The van der Waals surface area contributed by atoms with Crippen molar-refractivity contribution >= 4 is 29.6 Å². The minimum Gasteiger partial charge on any atom is -0.466 e. The van der Waals surface area contributed by atoms with E-state index in [1.54, 1.807) is 36.9 Å². The maximum absolute atomic E-state index is 14.6. The summed E-state index contributed by atoms with van der Waals surface area (Å²) in [4.78, 5) is 56.8. The number of nitrogens with one attached hydrogen (secondary N) is 1. The highest BCUT2D eigenvalue weighted by atomic mass is 16.6. The molecular formula is C38H43N3O6. The van der Waals surface area contributed by atoms with Crippen LogP contribution < -0.4 is 10.2 Å². The van der Waals surface area contributed by atoms with E-state index in [0.29, 0.717) is 41.8 Å². The second-order valence-electron chi connectivity index (χ2n) is 12.4. The number of hydrogen-bond donors (Lipinski definition) is 1. The zero-order valence-electron chi connectivity index (χ0n) is 27.7. The summed E-state index contributed by atoms with van der Waals surface area (Å²) in [5, 5.41) is 2.73. The van der Waals surface area contributed by atoms with E-state index in [9.17, 15) is 19.2 Å². The number of amides is 3. The molecule has 0 radical (unpaired) electrons. The summed E-state index contributed by atoms with van der Waals surface area (Å²) in [6, 6.07) is 22.4. The number of carbonyl (C=O) groups excluding carboxylic acids is 4. The van der Waals surface area contributed by atoms with Gasteiger partial charge in [0.1, 0.15) is 11.6 Å². The van der Waals surface area contributed by atoms with E-state index in [1.807, 2.05) is 81.4 Å². The van der Waals surface area contributed by atoms with Gasteiger partial charge in [-0.1, -0.05) is 72.5 Å². The van der Waals surface area contributed by atoms with Gasteiger partial charge in [-0.2, -0.15) is 0 Å². The Labute approximate surface area is 277 Å². The van der Waals surface area contributed by atoms with Crippen LogP contribution in [-0.4, -0.2) is 53.6 Å². The number of hydrogen-bond acceptors (Lipinski definition) is 6. The van der Waals surface area contributed by atoms with Crippen molar-refractivity contribution < 1.29 is 28.7 Å². The molecule has 3 aromatic rings. The number of unbranched alkanes of at least 4 members (excludes halogenated alkanes) is 1. The van der Waals surface area contributed by atoms with Crippen LogP contribution in [0.3, 0.4) is 0 Å². The van der Waals surface area contributed by atoms with E-state index >= 15 is 0 Å². The highest BCUT2D eigenvalue weighted by Gasteiger charge is 2.43. The lowest BCUT2D eigenvalue weighted by atomic mass is 10.0. The Morgan fingerprint density at radius 1 is 0.979 bits per heavy atom. The van der Waals surface area contributed by atoms with E-state index in [-0.39, 0.29) is 31.4 Å². The maximum Gasteiger partial charge on any atom is 0.407 e. The summed E-state index contributed by atoms with van der Waals surface area (Å²) in [7, 11) is 0. The third-order valence-electron chi connectivity index (χ3n) is 7.45. The third kappa shape index (κ3) is 9.46. The number of ether oxygens (including phenoxy) is 2. The number of alkyl carbamates (subject to hydrolysis) is 1. The van der Waals surface area contributed by atoms with Crippen LogP contribution in [0.5, 0.6) is 0 Å². The minimum atomic E-state index is -0.976. The van der Waals surface area contributed by atoms with Crippen molar-refractivity contribution in [3.63, 3.8) is 0 Å². The van der Waals surface area contributed by atoms with Crippen molar-refractivity contribution in [1.82, 2.24) is 10.2 Å². The predicted molar refractivity (Wildman–Crippen MR) is 180 cm³/mol. The molecule has 47 heavy (non-hydrogen) atoms. The summed E-state index contributed by atoms with van der Waals surface area (Å²) in [5.74, 6) is 5.15. The van der Waals surface area contributed by atoms with Gasteiger partial charge in [0, 0.05) is 24.6 Å². The molecule has 0 saturated carbocycles. The highest BCUT2D eigenvalue weighted by Crippen LogP contribution is 2.37. The van der Waals surface area contributed by atoms with E-state index in [2.05, 4.69) is 17.2 Å². The SMILES string of the molecule is CCOC(=O)CC(C)N1C(=O)c2cc(C#CCCCNC(=O)OC(C)(C)C)ccc2N(Cc2ccccc2)C(=O)C1c1ccccc1. The summed E-state index contributed by atoms with van der Waals surface area (Å²) in [6.07, 6.45) is 0.590. The molecule has 0 saturated heterocycles. The molecule has 0 fully saturated rings. The molecule has 4 rings (SSSR count). The zero-order valence-corrected chi connectivity index (χ0v) is 27.7. The van der Waals surface area contributed by atoms with E-state index in [4.69, 9.17) is 9.47 Å².